The molecule has 0 rings (SSSR count). The first-order chi connectivity index (χ1) is 2.81. The van der Waals surface area contributed by atoms with E-state index in [1.165, 1.54) is 0 Å². The molecule has 2 nitrogen and oxygen atoms in total. The van der Waals surface area contributed by atoms with Gasteiger partial charge in [-0.3, -0.25) is 4.79 Å². The highest BCUT2D eigenvalue weighted by Crippen LogP contribution is 1.55. The third kappa shape index (κ3) is 3.63. The molecule has 0 heterocycles. The normalized spacial score (nSPS) is 10.2. The molecule has 0 spiro atoms. The number of ketones is 1. The number of hydrogen-bond donors (Lipinski definition) is 1. The van der Waals surface area contributed by atoms with E-state index in [0.717, 1.165) is 0 Å². The van der Waals surface area contributed by atoms with Gasteiger partial charge in [0, 0.05) is 1.37 Å². The first-order valence-corrected chi connectivity index (χ1v) is 1.23. The lowest BCUT2D eigenvalue weighted by Crippen LogP contribution is -1.93. The second kappa shape index (κ2) is 1.91. The van der Waals surface area contributed by atoms with Crippen molar-refractivity contribution in [2.45, 2.75) is 6.90 Å². The minimum atomic E-state index is -0.497. The molecule has 0 saturated carbocycles. The van der Waals surface area contributed by atoms with Gasteiger partial charge >= 0.3 is 0 Å². The third-order valence-electron chi connectivity index (χ3n) is 0.176. The molecular formula is C3H6O2. The summed E-state index contributed by atoms with van der Waals surface area (Å²) in [5.41, 5.74) is 0. The molecule has 0 aromatic carbocycles. The van der Waals surface area contributed by atoms with E-state index >= 15 is 0 Å². The van der Waals surface area contributed by atoms with Gasteiger partial charge in [-0.1, -0.05) is 0 Å². The highest BCUT2D eigenvalue weighted by Gasteiger charge is 1.78. The van der Waals surface area contributed by atoms with Gasteiger partial charge in [0.05, 0.1) is 0 Å². The standard InChI is InChI=1S/C3H6O2/c1-3(5)2-4/h4H,2H2,1H3/i1T. The van der Waals surface area contributed by atoms with Gasteiger partial charge in [-0.25, -0.2) is 0 Å². The largest absolute Gasteiger partial charge is 0.389 e. The predicted molar refractivity (Wildman–Crippen MR) is 17.8 cm³/mol. The Bertz CT molecular complexity index is 46.8. The van der Waals surface area contributed by atoms with Crippen LogP contribution in [0.5, 0.6) is 0 Å². The molecule has 5 heavy (non-hydrogen) atoms. The molecule has 0 aromatic heterocycles. The fraction of sp³-hybridized carbons (Fsp3) is 0.667. The maximum atomic E-state index is 9.74. The highest BCUT2D eigenvalue weighted by molar-refractivity contribution is 5.76. The van der Waals surface area contributed by atoms with Crippen LogP contribution in [0, 0.1) is 0 Å². The van der Waals surface area contributed by atoms with Crippen LogP contribution in [0.2, 0.25) is 0 Å². The van der Waals surface area contributed by atoms with Crippen molar-refractivity contribution in [1.29, 1.82) is 0 Å². The van der Waals surface area contributed by atoms with Crippen LogP contribution in [0.15, 0.2) is 0 Å². The third-order valence-corrected chi connectivity index (χ3v) is 0.176. The van der Waals surface area contributed by atoms with Gasteiger partial charge in [0.15, 0.2) is 5.78 Å². The molecule has 0 aliphatic rings. The molecule has 0 aromatic rings. The van der Waals surface area contributed by atoms with Crippen LogP contribution < -0.4 is 0 Å². The van der Waals surface area contributed by atoms with Crippen LogP contribution >= 0.6 is 0 Å². The molecule has 0 bridgehead atoms. The van der Waals surface area contributed by atoms with Crippen LogP contribution in [0.3, 0.4) is 0 Å². The molecule has 0 amide bonds. The fourth-order valence-corrected chi connectivity index (χ4v) is 0. The molecule has 0 radical (unpaired) electrons. The number of aliphatic hydroxyl groups excluding tert-OH is 1. The van der Waals surface area contributed by atoms with Crippen molar-refractivity contribution in [3.63, 3.8) is 0 Å². The summed E-state index contributed by atoms with van der Waals surface area (Å²) in [4.78, 5) is 9.74. The van der Waals surface area contributed by atoms with Crippen molar-refractivity contribution in [3.8, 4) is 0 Å². The second-order valence-corrected chi connectivity index (χ2v) is 0.697. The lowest BCUT2D eigenvalue weighted by molar-refractivity contribution is -0.119. The van der Waals surface area contributed by atoms with E-state index in [4.69, 9.17) is 6.48 Å². The Hall–Kier alpha value is -0.370. The van der Waals surface area contributed by atoms with Crippen LogP contribution in [0.1, 0.15) is 8.27 Å². The van der Waals surface area contributed by atoms with Gasteiger partial charge in [-0.05, 0) is 6.90 Å². The molecule has 0 unspecified atom stereocenters. The van der Waals surface area contributed by atoms with Crippen molar-refractivity contribution in [1.82, 2.24) is 0 Å². The maximum absolute atomic E-state index is 9.74. The van der Waals surface area contributed by atoms with Gasteiger partial charge in [-0.2, -0.15) is 0 Å². The topological polar surface area (TPSA) is 37.3 Å². The Labute approximate surface area is 31.8 Å². The van der Waals surface area contributed by atoms with Gasteiger partial charge in [0.25, 0.3) is 0 Å². The zero-order chi connectivity index (χ0) is 4.99. The molecule has 30 valence electrons. The smallest absolute Gasteiger partial charge is 0.155 e. The van der Waals surface area contributed by atoms with Crippen LogP contribution in [0.25, 0.3) is 0 Å². The number of Topliss-reactive ketones (excluding diaryl/α,β-unsaturated/α-hetero) is 1. The molecule has 0 fully saturated rings. The monoisotopic (exact) mass is 76.0 g/mol. The Kier molecular flexibility index (Phi) is 1.08. The summed E-state index contributed by atoms with van der Waals surface area (Å²) in [5.74, 6) is -0.435. The van der Waals surface area contributed by atoms with Crippen molar-refractivity contribution in [3.05, 3.63) is 0 Å². The molecule has 1 N–H and O–H groups in total. The molecule has 0 atom stereocenters. The summed E-state index contributed by atoms with van der Waals surface area (Å²) in [7, 11) is 0. The summed E-state index contributed by atoms with van der Waals surface area (Å²) < 4.78 is 6.30. The summed E-state index contributed by atoms with van der Waals surface area (Å²) >= 11 is 0. The van der Waals surface area contributed by atoms with Crippen LogP contribution in [-0.4, -0.2) is 17.5 Å². The summed E-state index contributed by atoms with van der Waals surface area (Å²) in [5, 5.41) is 7.87. The van der Waals surface area contributed by atoms with Crippen molar-refractivity contribution in [2.24, 2.45) is 0 Å². The molecule has 2 heteroatoms. The Balaban J connectivity index is 2.99. The quantitative estimate of drug-likeness (QED) is 0.460. The molecule has 0 aliphatic carbocycles. The minimum Gasteiger partial charge on any atom is -0.389 e. The first kappa shape index (κ1) is 2.85. The number of hydrogen-bond acceptors (Lipinski definition) is 2. The average molecular weight is 76.1 g/mol. The molecular weight excluding hydrogens is 68.0 g/mol. The van der Waals surface area contributed by atoms with E-state index in [1.807, 2.05) is 0 Å². The maximum Gasteiger partial charge on any atom is 0.155 e. The van der Waals surface area contributed by atoms with E-state index in [2.05, 4.69) is 0 Å². The lowest BCUT2D eigenvalue weighted by atomic mass is 10.5. The number of rotatable bonds is 1. The van der Waals surface area contributed by atoms with Gasteiger partial charge < -0.3 is 5.11 Å². The Morgan fingerprint density at radius 1 is 2.40 bits per heavy atom. The molecule has 0 saturated heterocycles. The Morgan fingerprint density at radius 2 is 3.00 bits per heavy atom. The summed E-state index contributed by atoms with van der Waals surface area (Å²) in [6, 6.07) is 0. The van der Waals surface area contributed by atoms with E-state index < -0.39 is 12.4 Å². The summed E-state index contributed by atoms with van der Waals surface area (Å²) in [6.07, 6.45) is 0. The summed E-state index contributed by atoms with van der Waals surface area (Å²) in [6.45, 7) is -0.806. The van der Waals surface area contributed by atoms with Crippen LogP contribution in [-0.2, 0) is 4.79 Å². The molecule has 0 aliphatic heterocycles. The van der Waals surface area contributed by atoms with E-state index in [1.54, 1.807) is 0 Å². The fourth-order valence-electron chi connectivity index (χ4n) is 0. The number of carbonyl (C=O) groups is 1. The van der Waals surface area contributed by atoms with Crippen molar-refractivity contribution < 1.29 is 11.3 Å². The predicted octanol–water partition coefficient (Wildman–Crippen LogP) is -0.432. The zero-order valence-electron chi connectivity index (χ0n) is 3.77. The number of aliphatic hydroxyl groups is 1. The zero-order valence-corrected chi connectivity index (χ0v) is 2.77. The first-order valence-electron chi connectivity index (χ1n) is 1.93. The average Bonchev–Trinajstić information content (AvgIpc) is 1.65. The van der Waals surface area contributed by atoms with Gasteiger partial charge in [0.1, 0.15) is 6.61 Å². The van der Waals surface area contributed by atoms with E-state index in [9.17, 15) is 4.79 Å². The second-order valence-electron chi connectivity index (χ2n) is 0.697. The Morgan fingerprint density at radius 3 is 3.00 bits per heavy atom. The minimum absolute atomic E-state index is 0.309. The van der Waals surface area contributed by atoms with Gasteiger partial charge in [-0.15, -0.1) is 0 Å². The SMILES string of the molecule is [3H]CC(=O)CO. The van der Waals surface area contributed by atoms with E-state index in [-0.39, 0.29) is 6.90 Å². The van der Waals surface area contributed by atoms with Crippen molar-refractivity contribution >= 4 is 5.78 Å². The lowest BCUT2D eigenvalue weighted by Gasteiger charge is -1.72. The van der Waals surface area contributed by atoms with Crippen LogP contribution in [0.4, 0.5) is 0 Å². The number of carbonyl (C=O) groups excluding carboxylic acids is 1. The van der Waals surface area contributed by atoms with Gasteiger partial charge in [0.2, 0.25) is 0 Å². The van der Waals surface area contributed by atoms with E-state index in [0.29, 0.717) is 0 Å². The highest BCUT2D eigenvalue weighted by atomic mass is 16.3. The van der Waals surface area contributed by atoms with Crippen molar-refractivity contribution in [2.75, 3.05) is 6.61 Å².